The van der Waals surface area contributed by atoms with Crippen LogP contribution in [-0.4, -0.2) is 43.5 Å². The summed E-state index contributed by atoms with van der Waals surface area (Å²) in [4.78, 5) is 8.53. The Morgan fingerprint density at radius 2 is 2.11 bits per heavy atom. The van der Waals surface area contributed by atoms with Gasteiger partial charge in [0, 0.05) is 42.5 Å². The maximum atomic E-state index is 5.54. The molecule has 1 saturated heterocycles. The number of hydrogen-bond acceptors (Lipinski definition) is 5. The number of fused-ring (bicyclic) bond motifs is 1. The van der Waals surface area contributed by atoms with Crippen molar-refractivity contribution in [3.05, 3.63) is 48.2 Å². The molecule has 1 fully saturated rings. The normalized spacial score (nSPS) is 21.4. The maximum absolute atomic E-state index is 5.54. The quantitative estimate of drug-likeness (QED) is 0.773. The number of nitrogens with one attached hydrogen (secondary N) is 1. The second-order valence-electron chi connectivity index (χ2n) is 7.06. The van der Waals surface area contributed by atoms with E-state index >= 15 is 0 Å². The molecular formula is C21H28ClN3OS. The SMILES string of the molecule is COc1cccnc1N1CCNCC1CCCC1CSc2ccccc21.Cl. The van der Waals surface area contributed by atoms with E-state index in [1.807, 2.05) is 30.1 Å². The van der Waals surface area contributed by atoms with Gasteiger partial charge in [-0.15, -0.1) is 24.2 Å². The first kappa shape index (κ1) is 20.3. The lowest BCUT2D eigenvalue weighted by Crippen LogP contribution is -2.51. The number of anilines is 1. The summed E-state index contributed by atoms with van der Waals surface area (Å²) in [7, 11) is 1.73. The average Bonchev–Trinajstić information content (AvgIpc) is 3.12. The average molecular weight is 406 g/mol. The smallest absolute Gasteiger partial charge is 0.171 e. The van der Waals surface area contributed by atoms with E-state index < -0.39 is 0 Å². The van der Waals surface area contributed by atoms with Gasteiger partial charge in [-0.05, 0) is 42.5 Å². The highest BCUT2D eigenvalue weighted by Gasteiger charge is 2.27. The van der Waals surface area contributed by atoms with E-state index in [0.29, 0.717) is 12.0 Å². The van der Waals surface area contributed by atoms with Crippen LogP contribution in [0.1, 0.15) is 30.7 Å². The van der Waals surface area contributed by atoms with Crippen LogP contribution in [0.3, 0.4) is 0 Å². The zero-order valence-corrected chi connectivity index (χ0v) is 17.4. The molecule has 1 aromatic heterocycles. The summed E-state index contributed by atoms with van der Waals surface area (Å²) < 4.78 is 5.54. The summed E-state index contributed by atoms with van der Waals surface area (Å²) in [6, 6.07) is 13.3. The van der Waals surface area contributed by atoms with E-state index in [1.165, 1.54) is 29.9 Å². The molecule has 2 aromatic rings. The van der Waals surface area contributed by atoms with Gasteiger partial charge in [0.2, 0.25) is 0 Å². The second kappa shape index (κ2) is 9.67. The van der Waals surface area contributed by atoms with Gasteiger partial charge in [-0.25, -0.2) is 4.98 Å². The molecule has 0 saturated carbocycles. The highest BCUT2D eigenvalue weighted by molar-refractivity contribution is 7.99. The van der Waals surface area contributed by atoms with Crippen molar-refractivity contribution in [3.8, 4) is 5.75 Å². The van der Waals surface area contributed by atoms with Crippen LogP contribution in [0, 0.1) is 0 Å². The zero-order chi connectivity index (χ0) is 17.8. The molecule has 2 unspecified atom stereocenters. The van der Waals surface area contributed by atoms with Crippen molar-refractivity contribution < 1.29 is 4.74 Å². The monoisotopic (exact) mass is 405 g/mol. The molecule has 4 rings (SSSR count). The number of pyridine rings is 1. The van der Waals surface area contributed by atoms with E-state index in [9.17, 15) is 0 Å². The molecule has 27 heavy (non-hydrogen) atoms. The number of halogens is 1. The first-order valence-electron chi connectivity index (χ1n) is 9.55. The van der Waals surface area contributed by atoms with Gasteiger partial charge in [-0.3, -0.25) is 0 Å². The number of hydrogen-bond donors (Lipinski definition) is 1. The van der Waals surface area contributed by atoms with Crippen LogP contribution in [0.15, 0.2) is 47.5 Å². The third-order valence-electron chi connectivity index (χ3n) is 5.48. The van der Waals surface area contributed by atoms with E-state index in [0.717, 1.165) is 31.2 Å². The Kier molecular flexibility index (Phi) is 7.27. The summed E-state index contributed by atoms with van der Waals surface area (Å²) in [6.07, 6.45) is 5.57. The molecule has 3 heterocycles. The molecule has 2 aliphatic heterocycles. The first-order valence-corrected chi connectivity index (χ1v) is 10.5. The fourth-order valence-electron chi connectivity index (χ4n) is 4.12. The summed E-state index contributed by atoms with van der Waals surface area (Å²) in [6.45, 7) is 3.01. The molecule has 146 valence electrons. The molecule has 6 heteroatoms. The number of ether oxygens (including phenoxy) is 1. The van der Waals surface area contributed by atoms with Crippen molar-refractivity contribution >= 4 is 30.0 Å². The minimum Gasteiger partial charge on any atom is -0.493 e. The molecule has 0 aliphatic carbocycles. The Bertz CT molecular complexity index is 745. The summed E-state index contributed by atoms with van der Waals surface area (Å²) in [5.74, 6) is 3.81. The molecule has 0 amide bonds. The molecule has 2 aliphatic rings. The molecule has 1 aromatic carbocycles. The Morgan fingerprint density at radius 3 is 3.00 bits per heavy atom. The lowest BCUT2D eigenvalue weighted by molar-refractivity contribution is 0.396. The summed E-state index contributed by atoms with van der Waals surface area (Å²) in [5.41, 5.74) is 1.56. The van der Waals surface area contributed by atoms with Crippen molar-refractivity contribution in [1.29, 1.82) is 0 Å². The van der Waals surface area contributed by atoms with Gasteiger partial charge in [0.1, 0.15) is 0 Å². The minimum atomic E-state index is 0. The van der Waals surface area contributed by atoms with Gasteiger partial charge < -0.3 is 15.0 Å². The Morgan fingerprint density at radius 1 is 1.22 bits per heavy atom. The van der Waals surface area contributed by atoms with E-state index in [2.05, 4.69) is 39.5 Å². The van der Waals surface area contributed by atoms with Gasteiger partial charge in [-0.2, -0.15) is 0 Å². The maximum Gasteiger partial charge on any atom is 0.171 e. The molecule has 4 nitrogen and oxygen atoms in total. The fourth-order valence-corrected chi connectivity index (χ4v) is 5.43. The molecule has 0 bridgehead atoms. The topological polar surface area (TPSA) is 37.4 Å². The second-order valence-corrected chi connectivity index (χ2v) is 8.12. The Labute approximate surface area is 172 Å². The lowest BCUT2D eigenvalue weighted by Gasteiger charge is -2.38. The molecule has 1 N–H and O–H groups in total. The number of methoxy groups -OCH3 is 1. The van der Waals surface area contributed by atoms with E-state index in [4.69, 9.17) is 4.74 Å². The van der Waals surface area contributed by atoms with Crippen LogP contribution in [0.2, 0.25) is 0 Å². The van der Waals surface area contributed by atoms with Crippen molar-refractivity contribution in [2.45, 2.75) is 36.1 Å². The number of benzene rings is 1. The van der Waals surface area contributed by atoms with Crippen LogP contribution in [0.5, 0.6) is 5.75 Å². The minimum absolute atomic E-state index is 0. The van der Waals surface area contributed by atoms with Crippen LogP contribution >= 0.6 is 24.2 Å². The molecule has 0 radical (unpaired) electrons. The van der Waals surface area contributed by atoms with Gasteiger partial charge in [-0.1, -0.05) is 24.6 Å². The van der Waals surface area contributed by atoms with Gasteiger partial charge in [0.25, 0.3) is 0 Å². The predicted octanol–water partition coefficient (Wildman–Crippen LogP) is 4.35. The van der Waals surface area contributed by atoms with Crippen LogP contribution in [-0.2, 0) is 0 Å². The molecule has 2 atom stereocenters. The number of piperazine rings is 1. The zero-order valence-electron chi connectivity index (χ0n) is 15.8. The third kappa shape index (κ3) is 4.53. The number of aromatic nitrogens is 1. The van der Waals surface area contributed by atoms with Gasteiger partial charge >= 0.3 is 0 Å². The first-order chi connectivity index (χ1) is 12.9. The Balaban J connectivity index is 0.00000210. The van der Waals surface area contributed by atoms with Crippen molar-refractivity contribution in [2.75, 3.05) is 37.4 Å². The van der Waals surface area contributed by atoms with Crippen LogP contribution < -0.4 is 15.0 Å². The van der Waals surface area contributed by atoms with Crippen LogP contribution in [0.4, 0.5) is 5.82 Å². The highest BCUT2D eigenvalue weighted by atomic mass is 35.5. The lowest BCUT2D eigenvalue weighted by atomic mass is 9.94. The third-order valence-corrected chi connectivity index (χ3v) is 6.73. The van der Waals surface area contributed by atoms with E-state index in [-0.39, 0.29) is 12.4 Å². The fraction of sp³-hybridized carbons (Fsp3) is 0.476. The van der Waals surface area contributed by atoms with Crippen LogP contribution in [0.25, 0.3) is 0 Å². The number of thioether (sulfide) groups is 1. The highest BCUT2D eigenvalue weighted by Crippen LogP contribution is 2.42. The summed E-state index contributed by atoms with van der Waals surface area (Å²) in [5, 5.41) is 3.55. The van der Waals surface area contributed by atoms with Crippen molar-refractivity contribution in [3.63, 3.8) is 0 Å². The molecule has 0 spiro atoms. The standard InChI is InChI=1S/C21H27N3OS.ClH/c1-25-19-9-5-11-23-21(19)24-13-12-22-14-17(24)7-4-6-16-15-26-20-10-3-2-8-18(16)20;/h2-3,5,8-11,16-17,22H,4,6-7,12-15H2,1H3;1H. The van der Waals surface area contributed by atoms with Gasteiger partial charge in [0.15, 0.2) is 11.6 Å². The predicted molar refractivity (Wildman–Crippen MR) is 116 cm³/mol. The Hall–Kier alpha value is -1.43. The summed E-state index contributed by atoms with van der Waals surface area (Å²) >= 11 is 2.02. The van der Waals surface area contributed by atoms with Gasteiger partial charge in [0.05, 0.1) is 7.11 Å². The molecular weight excluding hydrogens is 378 g/mol. The number of nitrogens with zero attached hydrogens (tertiary/aromatic N) is 2. The van der Waals surface area contributed by atoms with Crippen molar-refractivity contribution in [2.24, 2.45) is 0 Å². The van der Waals surface area contributed by atoms with Crippen molar-refractivity contribution in [1.82, 2.24) is 10.3 Å². The van der Waals surface area contributed by atoms with E-state index in [1.54, 1.807) is 12.7 Å². The number of rotatable bonds is 6. The largest absolute Gasteiger partial charge is 0.493 e.